The number of hydrogen-bond donors (Lipinski definition) is 2. The standard InChI is InChI=1S/C13H21NO3/c1-13(2,9-12(16)17)14-11(15)8-10-6-4-3-5-7-10/h6H,3-5,7-9H2,1-2H3,(H,14,15)(H,16,17). The van der Waals surface area contributed by atoms with Crippen molar-refractivity contribution in [3.63, 3.8) is 0 Å². The first-order valence-corrected chi connectivity index (χ1v) is 6.10. The lowest BCUT2D eigenvalue weighted by molar-refractivity contribution is -0.138. The van der Waals surface area contributed by atoms with Gasteiger partial charge in [-0.1, -0.05) is 11.6 Å². The zero-order chi connectivity index (χ0) is 12.9. The number of carbonyl (C=O) groups is 2. The van der Waals surface area contributed by atoms with Gasteiger partial charge in [-0.15, -0.1) is 0 Å². The van der Waals surface area contributed by atoms with E-state index in [-0.39, 0.29) is 12.3 Å². The van der Waals surface area contributed by atoms with Crippen LogP contribution >= 0.6 is 0 Å². The molecule has 96 valence electrons. The molecule has 1 rings (SSSR count). The maximum Gasteiger partial charge on any atom is 0.305 e. The maximum atomic E-state index is 11.8. The van der Waals surface area contributed by atoms with Gasteiger partial charge in [-0.05, 0) is 39.5 Å². The van der Waals surface area contributed by atoms with E-state index >= 15 is 0 Å². The van der Waals surface area contributed by atoms with E-state index in [1.54, 1.807) is 13.8 Å². The molecule has 0 aromatic heterocycles. The minimum absolute atomic E-state index is 0.0578. The summed E-state index contributed by atoms with van der Waals surface area (Å²) in [5.74, 6) is -0.975. The number of allylic oxidation sites excluding steroid dienone is 1. The molecule has 0 aliphatic heterocycles. The molecule has 0 saturated carbocycles. The lowest BCUT2D eigenvalue weighted by atomic mass is 9.95. The van der Waals surface area contributed by atoms with Crippen LogP contribution in [0.25, 0.3) is 0 Å². The summed E-state index contributed by atoms with van der Waals surface area (Å²) >= 11 is 0. The number of carboxylic acid groups (broad SMARTS) is 1. The second kappa shape index (κ2) is 5.84. The summed E-state index contributed by atoms with van der Waals surface area (Å²) < 4.78 is 0. The smallest absolute Gasteiger partial charge is 0.305 e. The maximum absolute atomic E-state index is 11.8. The Labute approximate surface area is 102 Å². The highest BCUT2D eigenvalue weighted by Crippen LogP contribution is 2.20. The fourth-order valence-corrected chi connectivity index (χ4v) is 2.12. The summed E-state index contributed by atoms with van der Waals surface area (Å²) in [6.45, 7) is 3.46. The minimum Gasteiger partial charge on any atom is -0.481 e. The van der Waals surface area contributed by atoms with Gasteiger partial charge in [0.15, 0.2) is 0 Å². The van der Waals surface area contributed by atoms with Gasteiger partial charge in [-0.25, -0.2) is 0 Å². The van der Waals surface area contributed by atoms with Gasteiger partial charge in [0.05, 0.1) is 6.42 Å². The first-order chi connectivity index (χ1) is 7.89. The first-order valence-electron chi connectivity index (χ1n) is 6.10. The molecule has 1 amide bonds. The molecule has 4 heteroatoms. The van der Waals surface area contributed by atoms with Gasteiger partial charge in [0, 0.05) is 12.0 Å². The summed E-state index contributed by atoms with van der Waals surface area (Å²) in [7, 11) is 0. The van der Waals surface area contributed by atoms with Crippen LogP contribution in [0.3, 0.4) is 0 Å². The van der Waals surface area contributed by atoms with Crippen LogP contribution in [0.15, 0.2) is 11.6 Å². The summed E-state index contributed by atoms with van der Waals surface area (Å²) in [5, 5.41) is 11.5. The summed E-state index contributed by atoms with van der Waals surface area (Å²) in [5.41, 5.74) is 0.498. The number of amides is 1. The molecule has 4 nitrogen and oxygen atoms in total. The Hall–Kier alpha value is -1.32. The highest BCUT2D eigenvalue weighted by atomic mass is 16.4. The molecule has 0 radical (unpaired) electrons. The molecule has 17 heavy (non-hydrogen) atoms. The van der Waals surface area contributed by atoms with E-state index in [4.69, 9.17) is 5.11 Å². The third-order valence-electron chi connectivity index (χ3n) is 2.84. The van der Waals surface area contributed by atoms with E-state index in [9.17, 15) is 9.59 Å². The average Bonchev–Trinajstić information content (AvgIpc) is 2.15. The van der Waals surface area contributed by atoms with E-state index in [1.165, 1.54) is 12.0 Å². The van der Waals surface area contributed by atoms with Crippen LogP contribution in [-0.2, 0) is 9.59 Å². The van der Waals surface area contributed by atoms with Gasteiger partial charge in [0.1, 0.15) is 0 Å². The van der Waals surface area contributed by atoms with Crippen molar-refractivity contribution in [1.29, 1.82) is 0 Å². The second-order valence-electron chi connectivity index (χ2n) is 5.29. The first kappa shape index (κ1) is 13.7. The van der Waals surface area contributed by atoms with E-state index in [0.717, 1.165) is 19.3 Å². The van der Waals surface area contributed by atoms with Crippen molar-refractivity contribution in [1.82, 2.24) is 5.32 Å². The van der Waals surface area contributed by atoms with Crippen LogP contribution in [0, 0.1) is 0 Å². The Balaban J connectivity index is 2.43. The molecule has 0 aromatic rings. The molecule has 1 aliphatic carbocycles. The van der Waals surface area contributed by atoms with Crippen LogP contribution in [0.5, 0.6) is 0 Å². The highest BCUT2D eigenvalue weighted by Gasteiger charge is 2.24. The third-order valence-corrected chi connectivity index (χ3v) is 2.84. The Kier molecular flexibility index (Phi) is 4.73. The molecule has 0 unspecified atom stereocenters. The van der Waals surface area contributed by atoms with Crippen molar-refractivity contribution in [2.45, 2.75) is 57.9 Å². The average molecular weight is 239 g/mol. The predicted octanol–water partition coefficient (Wildman–Crippen LogP) is 2.25. The Morgan fingerprint density at radius 2 is 2.12 bits per heavy atom. The molecule has 0 heterocycles. The number of carboxylic acids is 1. The quantitative estimate of drug-likeness (QED) is 0.723. The number of hydrogen-bond acceptors (Lipinski definition) is 2. The monoisotopic (exact) mass is 239 g/mol. The summed E-state index contributed by atoms with van der Waals surface area (Å²) in [4.78, 5) is 22.4. The van der Waals surface area contributed by atoms with Crippen molar-refractivity contribution in [2.24, 2.45) is 0 Å². The largest absolute Gasteiger partial charge is 0.481 e. The van der Waals surface area contributed by atoms with E-state index in [0.29, 0.717) is 6.42 Å². The van der Waals surface area contributed by atoms with Crippen LogP contribution in [0.1, 0.15) is 52.4 Å². The Bertz CT molecular complexity index is 332. The van der Waals surface area contributed by atoms with Gasteiger partial charge in [0.2, 0.25) is 5.91 Å². The minimum atomic E-state index is -0.896. The van der Waals surface area contributed by atoms with E-state index < -0.39 is 11.5 Å². The second-order valence-corrected chi connectivity index (χ2v) is 5.29. The fourth-order valence-electron chi connectivity index (χ4n) is 2.12. The number of nitrogens with one attached hydrogen (secondary N) is 1. The lowest BCUT2D eigenvalue weighted by Crippen LogP contribution is -2.45. The third kappa shape index (κ3) is 5.52. The fraction of sp³-hybridized carbons (Fsp3) is 0.692. The number of rotatable bonds is 5. The normalized spacial score (nSPS) is 16.2. The molecule has 0 atom stereocenters. The predicted molar refractivity (Wildman–Crippen MR) is 65.6 cm³/mol. The molecule has 0 aromatic carbocycles. The zero-order valence-corrected chi connectivity index (χ0v) is 10.6. The molecule has 0 bridgehead atoms. The zero-order valence-electron chi connectivity index (χ0n) is 10.6. The molecule has 2 N–H and O–H groups in total. The van der Waals surface area contributed by atoms with Crippen molar-refractivity contribution >= 4 is 11.9 Å². The number of aliphatic carboxylic acids is 1. The van der Waals surface area contributed by atoms with Gasteiger partial charge < -0.3 is 10.4 Å². The van der Waals surface area contributed by atoms with Crippen LogP contribution in [0.2, 0.25) is 0 Å². The van der Waals surface area contributed by atoms with Crippen molar-refractivity contribution in [3.8, 4) is 0 Å². The SMILES string of the molecule is CC(C)(CC(=O)O)NC(=O)CC1=CCCCC1. The molecule has 0 spiro atoms. The van der Waals surface area contributed by atoms with Gasteiger partial charge in [-0.3, -0.25) is 9.59 Å². The molecule has 0 fully saturated rings. The van der Waals surface area contributed by atoms with Gasteiger partial charge in [0.25, 0.3) is 0 Å². The topological polar surface area (TPSA) is 66.4 Å². The molecule has 0 saturated heterocycles. The highest BCUT2D eigenvalue weighted by molar-refractivity contribution is 5.80. The van der Waals surface area contributed by atoms with Crippen LogP contribution in [-0.4, -0.2) is 22.5 Å². The van der Waals surface area contributed by atoms with Crippen LogP contribution in [0.4, 0.5) is 0 Å². The molecular formula is C13H21NO3. The lowest BCUT2D eigenvalue weighted by Gasteiger charge is -2.25. The Morgan fingerprint density at radius 1 is 1.41 bits per heavy atom. The van der Waals surface area contributed by atoms with Gasteiger partial charge in [-0.2, -0.15) is 0 Å². The van der Waals surface area contributed by atoms with Crippen LogP contribution < -0.4 is 5.32 Å². The van der Waals surface area contributed by atoms with Crippen molar-refractivity contribution < 1.29 is 14.7 Å². The summed E-state index contributed by atoms with van der Waals surface area (Å²) in [6, 6.07) is 0. The van der Waals surface area contributed by atoms with Crippen molar-refractivity contribution in [3.05, 3.63) is 11.6 Å². The summed E-state index contributed by atoms with van der Waals surface area (Å²) in [6.07, 6.45) is 6.88. The van der Waals surface area contributed by atoms with E-state index in [2.05, 4.69) is 11.4 Å². The molecule has 1 aliphatic rings. The van der Waals surface area contributed by atoms with E-state index in [1.807, 2.05) is 0 Å². The Morgan fingerprint density at radius 3 is 2.65 bits per heavy atom. The molecular weight excluding hydrogens is 218 g/mol. The van der Waals surface area contributed by atoms with Gasteiger partial charge >= 0.3 is 5.97 Å². The van der Waals surface area contributed by atoms with Crippen molar-refractivity contribution in [2.75, 3.05) is 0 Å². The number of carbonyl (C=O) groups excluding carboxylic acids is 1.